The SMILES string of the molecule is CC[C@H](NC(=O)Nc1cccc(OCCOC)c1)c1ccncc1. The number of pyridine rings is 1. The molecule has 1 aromatic heterocycles. The lowest BCUT2D eigenvalue weighted by Gasteiger charge is -2.18. The number of methoxy groups -OCH3 is 1. The second kappa shape index (κ2) is 9.52. The van der Waals surface area contributed by atoms with E-state index in [1.54, 1.807) is 25.6 Å². The van der Waals surface area contributed by atoms with Crippen molar-refractivity contribution in [2.75, 3.05) is 25.6 Å². The van der Waals surface area contributed by atoms with Gasteiger partial charge in [-0.05, 0) is 36.2 Å². The fraction of sp³-hybridized carbons (Fsp3) is 0.333. The third-order valence-electron chi connectivity index (χ3n) is 3.47. The van der Waals surface area contributed by atoms with Crippen LogP contribution in [-0.2, 0) is 4.74 Å². The monoisotopic (exact) mass is 329 g/mol. The summed E-state index contributed by atoms with van der Waals surface area (Å²) < 4.78 is 10.5. The van der Waals surface area contributed by atoms with Crippen molar-refractivity contribution in [3.63, 3.8) is 0 Å². The van der Waals surface area contributed by atoms with Gasteiger partial charge in [0.1, 0.15) is 12.4 Å². The molecule has 0 saturated carbocycles. The summed E-state index contributed by atoms with van der Waals surface area (Å²) in [6.07, 6.45) is 4.23. The third kappa shape index (κ3) is 5.55. The normalized spacial score (nSPS) is 11.6. The number of nitrogens with one attached hydrogen (secondary N) is 2. The van der Waals surface area contributed by atoms with Gasteiger partial charge in [0.15, 0.2) is 0 Å². The number of carbonyl (C=O) groups excluding carboxylic acids is 1. The van der Waals surface area contributed by atoms with Crippen molar-refractivity contribution in [1.29, 1.82) is 0 Å². The molecular weight excluding hydrogens is 306 g/mol. The van der Waals surface area contributed by atoms with Gasteiger partial charge in [0.05, 0.1) is 12.6 Å². The van der Waals surface area contributed by atoms with E-state index in [4.69, 9.17) is 9.47 Å². The molecule has 1 aromatic carbocycles. The first-order valence-corrected chi connectivity index (χ1v) is 7.92. The summed E-state index contributed by atoms with van der Waals surface area (Å²) in [4.78, 5) is 16.2. The molecule has 1 heterocycles. The molecule has 0 aliphatic carbocycles. The number of benzene rings is 1. The van der Waals surface area contributed by atoms with Gasteiger partial charge in [0.2, 0.25) is 0 Å². The molecule has 2 aromatic rings. The molecule has 0 saturated heterocycles. The van der Waals surface area contributed by atoms with E-state index in [-0.39, 0.29) is 12.1 Å². The summed E-state index contributed by atoms with van der Waals surface area (Å²) in [5, 5.41) is 5.79. The third-order valence-corrected chi connectivity index (χ3v) is 3.47. The summed E-state index contributed by atoms with van der Waals surface area (Å²) >= 11 is 0. The number of aromatic nitrogens is 1. The molecule has 2 N–H and O–H groups in total. The Hall–Kier alpha value is -2.60. The average Bonchev–Trinajstić information content (AvgIpc) is 2.61. The summed E-state index contributed by atoms with van der Waals surface area (Å²) in [6.45, 7) is 3.00. The molecule has 24 heavy (non-hydrogen) atoms. The number of carbonyl (C=O) groups is 1. The Kier molecular flexibility index (Phi) is 7.04. The van der Waals surface area contributed by atoms with Crippen molar-refractivity contribution in [3.05, 3.63) is 54.4 Å². The molecule has 128 valence electrons. The quantitative estimate of drug-likeness (QED) is 0.728. The van der Waals surface area contributed by atoms with Crippen molar-refractivity contribution in [1.82, 2.24) is 10.3 Å². The zero-order valence-corrected chi connectivity index (χ0v) is 14.0. The summed E-state index contributed by atoms with van der Waals surface area (Å²) in [5.41, 5.74) is 1.70. The first-order valence-electron chi connectivity index (χ1n) is 7.92. The topological polar surface area (TPSA) is 72.5 Å². The fourth-order valence-corrected chi connectivity index (χ4v) is 2.25. The minimum Gasteiger partial charge on any atom is -0.491 e. The zero-order valence-electron chi connectivity index (χ0n) is 14.0. The van der Waals surface area contributed by atoms with Crippen molar-refractivity contribution < 1.29 is 14.3 Å². The maximum Gasteiger partial charge on any atom is 0.319 e. The molecule has 0 unspecified atom stereocenters. The Bertz CT molecular complexity index is 634. The van der Waals surface area contributed by atoms with Crippen LogP contribution in [0.1, 0.15) is 24.9 Å². The smallest absolute Gasteiger partial charge is 0.319 e. The molecule has 0 bridgehead atoms. The number of amides is 2. The molecular formula is C18H23N3O3. The Morgan fingerprint density at radius 2 is 2.00 bits per heavy atom. The lowest BCUT2D eigenvalue weighted by molar-refractivity contribution is 0.146. The van der Waals surface area contributed by atoms with Crippen molar-refractivity contribution in [2.24, 2.45) is 0 Å². The van der Waals surface area contributed by atoms with Crippen LogP contribution >= 0.6 is 0 Å². The van der Waals surface area contributed by atoms with E-state index in [0.29, 0.717) is 24.7 Å². The molecule has 0 radical (unpaired) electrons. The molecule has 0 aliphatic heterocycles. The predicted molar refractivity (Wildman–Crippen MR) is 93.2 cm³/mol. The van der Waals surface area contributed by atoms with E-state index in [9.17, 15) is 4.79 Å². The van der Waals surface area contributed by atoms with E-state index in [0.717, 1.165) is 12.0 Å². The first-order chi connectivity index (χ1) is 11.7. The average molecular weight is 329 g/mol. The van der Waals surface area contributed by atoms with Gasteiger partial charge in [-0.25, -0.2) is 4.79 Å². The lowest BCUT2D eigenvalue weighted by Crippen LogP contribution is -2.32. The van der Waals surface area contributed by atoms with Gasteiger partial charge in [-0.3, -0.25) is 4.98 Å². The highest BCUT2D eigenvalue weighted by Crippen LogP contribution is 2.19. The predicted octanol–water partition coefficient (Wildman–Crippen LogP) is 3.38. The van der Waals surface area contributed by atoms with Crippen LogP contribution in [0.2, 0.25) is 0 Å². The minimum atomic E-state index is -0.257. The molecule has 2 rings (SSSR count). The van der Waals surface area contributed by atoms with Gasteiger partial charge in [0, 0.05) is 31.3 Å². The molecule has 0 aliphatic rings. The highest BCUT2D eigenvalue weighted by atomic mass is 16.5. The Morgan fingerprint density at radius 1 is 1.21 bits per heavy atom. The number of rotatable bonds is 8. The summed E-state index contributed by atoms with van der Waals surface area (Å²) in [6, 6.07) is 10.8. The van der Waals surface area contributed by atoms with E-state index in [1.807, 2.05) is 37.3 Å². The maximum absolute atomic E-state index is 12.2. The summed E-state index contributed by atoms with van der Waals surface area (Å²) in [5.74, 6) is 0.686. The van der Waals surface area contributed by atoms with E-state index in [1.165, 1.54) is 0 Å². The van der Waals surface area contributed by atoms with Crippen LogP contribution < -0.4 is 15.4 Å². The molecule has 2 amide bonds. The second-order valence-corrected chi connectivity index (χ2v) is 5.21. The van der Waals surface area contributed by atoms with Gasteiger partial charge < -0.3 is 20.1 Å². The Balaban J connectivity index is 1.92. The van der Waals surface area contributed by atoms with Crippen LogP contribution in [0, 0.1) is 0 Å². The Labute approximate surface area is 142 Å². The number of hydrogen-bond acceptors (Lipinski definition) is 4. The van der Waals surface area contributed by atoms with Crippen molar-refractivity contribution in [3.8, 4) is 5.75 Å². The number of ether oxygens (including phenoxy) is 2. The molecule has 6 nitrogen and oxygen atoms in total. The number of nitrogens with zero attached hydrogens (tertiary/aromatic N) is 1. The lowest BCUT2D eigenvalue weighted by atomic mass is 10.1. The van der Waals surface area contributed by atoms with E-state index < -0.39 is 0 Å². The van der Waals surface area contributed by atoms with Crippen LogP contribution in [-0.4, -0.2) is 31.3 Å². The van der Waals surface area contributed by atoms with Crippen molar-refractivity contribution >= 4 is 11.7 Å². The maximum atomic E-state index is 12.2. The van der Waals surface area contributed by atoms with Crippen LogP contribution in [0.3, 0.4) is 0 Å². The van der Waals surface area contributed by atoms with Gasteiger partial charge in [-0.1, -0.05) is 13.0 Å². The fourth-order valence-electron chi connectivity index (χ4n) is 2.25. The highest BCUT2D eigenvalue weighted by molar-refractivity contribution is 5.89. The van der Waals surface area contributed by atoms with Gasteiger partial charge in [-0.15, -0.1) is 0 Å². The Morgan fingerprint density at radius 3 is 2.71 bits per heavy atom. The first kappa shape index (κ1) is 17.7. The van der Waals surface area contributed by atoms with Crippen LogP contribution in [0.5, 0.6) is 5.75 Å². The van der Waals surface area contributed by atoms with Gasteiger partial charge in [0.25, 0.3) is 0 Å². The van der Waals surface area contributed by atoms with E-state index in [2.05, 4.69) is 15.6 Å². The molecule has 0 spiro atoms. The molecule has 1 atom stereocenters. The highest BCUT2D eigenvalue weighted by Gasteiger charge is 2.12. The van der Waals surface area contributed by atoms with E-state index >= 15 is 0 Å². The van der Waals surface area contributed by atoms with Gasteiger partial charge in [-0.2, -0.15) is 0 Å². The standard InChI is InChI=1S/C18H23N3O3/c1-3-17(14-7-9-19-10-8-14)21-18(22)20-15-5-4-6-16(13-15)24-12-11-23-2/h4-10,13,17H,3,11-12H2,1-2H3,(H2,20,21,22)/t17-/m0/s1. The van der Waals surface area contributed by atoms with Crippen LogP contribution in [0.25, 0.3) is 0 Å². The molecule has 6 heteroatoms. The van der Waals surface area contributed by atoms with Crippen molar-refractivity contribution in [2.45, 2.75) is 19.4 Å². The minimum absolute atomic E-state index is 0.0610. The number of hydrogen-bond donors (Lipinski definition) is 2. The molecule has 0 fully saturated rings. The van der Waals surface area contributed by atoms with Crippen LogP contribution in [0.15, 0.2) is 48.8 Å². The number of urea groups is 1. The number of anilines is 1. The second-order valence-electron chi connectivity index (χ2n) is 5.21. The van der Waals surface area contributed by atoms with Crippen LogP contribution in [0.4, 0.5) is 10.5 Å². The summed E-state index contributed by atoms with van der Waals surface area (Å²) in [7, 11) is 1.62. The largest absolute Gasteiger partial charge is 0.491 e. The zero-order chi connectivity index (χ0) is 17.2. The van der Waals surface area contributed by atoms with Gasteiger partial charge >= 0.3 is 6.03 Å².